The summed E-state index contributed by atoms with van der Waals surface area (Å²) in [5, 5.41) is 21.7. The topological polar surface area (TPSA) is 61.7 Å². The Morgan fingerprint density at radius 2 is 2.05 bits per heavy atom. The Morgan fingerprint density at radius 1 is 1.35 bits per heavy atom. The van der Waals surface area contributed by atoms with Gasteiger partial charge in [0, 0.05) is 13.7 Å². The number of aliphatic hydroxyl groups excluding tert-OH is 2. The van der Waals surface area contributed by atoms with Gasteiger partial charge in [-0.3, -0.25) is 0 Å². The number of alkyl halides is 3. The fourth-order valence-corrected chi connectivity index (χ4v) is 1.70. The zero-order valence-corrected chi connectivity index (χ0v) is 11.0. The molecule has 0 radical (unpaired) electrons. The van der Waals surface area contributed by atoms with Gasteiger partial charge in [0.15, 0.2) is 0 Å². The molecule has 0 spiro atoms. The first-order chi connectivity index (χ1) is 9.38. The lowest BCUT2D eigenvalue weighted by atomic mass is 10.1. The molecule has 0 fully saturated rings. The van der Waals surface area contributed by atoms with Crippen LogP contribution in [-0.2, 0) is 10.9 Å². The Morgan fingerprint density at radius 3 is 2.60 bits per heavy atom. The molecule has 0 aliphatic rings. The zero-order valence-electron chi connectivity index (χ0n) is 11.0. The number of hydrogen-bond acceptors (Lipinski definition) is 4. The van der Waals surface area contributed by atoms with Gasteiger partial charge >= 0.3 is 6.18 Å². The molecule has 0 saturated heterocycles. The number of halogens is 3. The molecule has 0 heterocycles. The van der Waals surface area contributed by atoms with Crippen molar-refractivity contribution in [1.29, 1.82) is 0 Å². The van der Waals surface area contributed by atoms with Gasteiger partial charge in [-0.1, -0.05) is 12.1 Å². The Bertz CT molecular complexity index is 412. The molecule has 7 heteroatoms. The van der Waals surface area contributed by atoms with Gasteiger partial charge in [0.2, 0.25) is 0 Å². The van der Waals surface area contributed by atoms with Crippen molar-refractivity contribution >= 4 is 0 Å². The minimum absolute atomic E-state index is 0.0237. The summed E-state index contributed by atoms with van der Waals surface area (Å²) in [7, 11) is 1.47. The zero-order chi connectivity index (χ0) is 15.2. The van der Waals surface area contributed by atoms with Crippen molar-refractivity contribution in [3.63, 3.8) is 0 Å². The van der Waals surface area contributed by atoms with Gasteiger partial charge < -0.3 is 20.3 Å². The minimum Gasteiger partial charge on any atom is -0.395 e. The van der Waals surface area contributed by atoms with Crippen LogP contribution in [0, 0.1) is 0 Å². The molecular weight excluding hydrogens is 275 g/mol. The highest BCUT2D eigenvalue weighted by atomic mass is 19.4. The van der Waals surface area contributed by atoms with Crippen LogP contribution in [0.3, 0.4) is 0 Å². The van der Waals surface area contributed by atoms with Crippen molar-refractivity contribution in [1.82, 2.24) is 5.32 Å². The maximum atomic E-state index is 12.6. The lowest BCUT2D eigenvalue weighted by Crippen LogP contribution is -2.38. The third kappa shape index (κ3) is 5.09. The third-order valence-corrected chi connectivity index (χ3v) is 2.79. The second-order valence-electron chi connectivity index (χ2n) is 4.38. The molecule has 4 nitrogen and oxygen atoms in total. The normalized spacial score (nSPS) is 15.1. The van der Waals surface area contributed by atoms with Crippen molar-refractivity contribution in [2.24, 2.45) is 0 Å². The van der Waals surface area contributed by atoms with Crippen molar-refractivity contribution < 1.29 is 28.1 Å². The number of benzene rings is 1. The third-order valence-electron chi connectivity index (χ3n) is 2.79. The molecule has 114 valence electrons. The quantitative estimate of drug-likeness (QED) is 0.710. The first-order valence-electron chi connectivity index (χ1n) is 6.07. The summed E-state index contributed by atoms with van der Waals surface area (Å²) < 4.78 is 42.5. The lowest BCUT2D eigenvalue weighted by Gasteiger charge is -2.19. The van der Waals surface area contributed by atoms with E-state index in [4.69, 9.17) is 9.84 Å². The lowest BCUT2D eigenvalue weighted by molar-refractivity contribution is -0.137. The SMILES string of the molecule is COCC(CO)NCC(O)c1cccc(C(F)(F)F)c1. The second kappa shape index (κ2) is 7.58. The summed E-state index contributed by atoms with van der Waals surface area (Å²) in [4.78, 5) is 0. The largest absolute Gasteiger partial charge is 0.416 e. The van der Waals surface area contributed by atoms with Gasteiger partial charge in [0.1, 0.15) is 0 Å². The van der Waals surface area contributed by atoms with Crippen LogP contribution in [0.25, 0.3) is 0 Å². The van der Waals surface area contributed by atoms with Crippen molar-refractivity contribution in [3.8, 4) is 0 Å². The highest BCUT2D eigenvalue weighted by molar-refractivity contribution is 5.27. The summed E-state index contributed by atoms with van der Waals surface area (Å²) in [6.45, 7) is 0.0743. The monoisotopic (exact) mass is 293 g/mol. The van der Waals surface area contributed by atoms with Crippen LogP contribution in [0.4, 0.5) is 13.2 Å². The average molecular weight is 293 g/mol. The highest BCUT2D eigenvalue weighted by Crippen LogP contribution is 2.30. The summed E-state index contributed by atoms with van der Waals surface area (Å²) >= 11 is 0. The van der Waals surface area contributed by atoms with E-state index in [1.165, 1.54) is 19.2 Å². The van der Waals surface area contributed by atoms with Gasteiger partial charge in [-0.25, -0.2) is 0 Å². The van der Waals surface area contributed by atoms with Crippen LogP contribution in [0.5, 0.6) is 0 Å². The van der Waals surface area contributed by atoms with Crippen LogP contribution in [-0.4, -0.2) is 43.1 Å². The molecule has 0 saturated carbocycles. The fourth-order valence-electron chi connectivity index (χ4n) is 1.70. The molecule has 2 atom stereocenters. The summed E-state index contributed by atoms with van der Waals surface area (Å²) in [5.41, 5.74) is -0.633. The van der Waals surface area contributed by atoms with Gasteiger partial charge in [-0.15, -0.1) is 0 Å². The van der Waals surface area contributed by atoms with Gasteiger partial charge in [-0.05, 0) is 17.7 Å². The van der Waals surface area contributed by atoms with E-state index in [0.717, 1.165) is 12.1 Å². The Labute approximate surface area is 115 Å². The molecule has 2 unspecified atom stereocenters. The maximum Gasteiger partial charge on any atom is 0.416 e. The van der Waals surface area contributed by atoms with Crippen molar-refractivity contribution in [2.75, 3.05) is 26.9 Å². The van der Waals surface area contributed by atoms with Gasteiger partial charge in [-0.2, -0.15) is 13.2 Å². The van der Waals surface area contributed by atoms with Crippen molar-refractivity contribution in [3.05, 3.63) is 35.4 Å². The Balaban J connectivity index is 2.65. The summed E-state index contributed by atoms with van der Waals surface area (Å²) in [6.07, 6.45) is -5.53. The van der Waals surface area contributed by atoms with E-state index in [-0.39, 0.29) is 31.4 Å². The average Bonchev–Trinajstić information content (AvgIpc) is 2.42. The number of hydrogen-bond donors (Lipinski definition) is 3. The van der Waals surface area contributed by atoms with Crippen molar-refractivity contribution in [2.45, 2.75) is 18.3 Å². The second-order valence-corrected chi connectivity index (χ2v) is 4.38. The summed E-state index contributed by atoms with van der Waals surface area (Å²) in [5.74, 6) is 0. The molecule has 1 aromatic carbocycles. The molecule has 0 bridgehead atoms. The summed E-state index contributed by atoms with van der Waals surface area (Å²) in [6, 6.07) is 4.16. The predicted octanol–water partition coefficient (Wildman–Crippen LogP) is 1.34. The number of nitrogens with one attached hydrogen (secondary N) is 1. The number of methoxy groups -OCH3 is 1. The number of ether oxygens (including phenoxy) is 1. The van der Waals surface area contributed by atoms with Crippen LogP contribution in [0.2, 0.25) is 0 Å². The van der Waals surface area contributed by atoms with E-state index in [1.54, 1.807) is 0 Å². The van der Waals surface area contributed by atoms with Crippen LogP contribution >= 0.6 is 0 Å². The number of rotatable bonds is 7. The van der Waals surface area contributed by atoms with E-state index >= 15 is 0 Å². The van der Waals surface area contributed by atoms with E-state index in [9.17, 15) is 18.3 Å². The smallest absolute Gasteiger partial charge is 0.395 e. The molecular formula is C13H18F3NO3. The van der Waals surface area contributed by atoms with Crippen LogP contribution < -0.4 is 5.32 Å². The standard InChI is InChI=1S/C13H18F3NO3/c1-20-8-11(7-18)17-6-12(19)9-3-2-4-10(5-9)13(14,15)16/h2-5,11-12,17-19H,6-8H2,1H3. The first-order valence-corrected chi connectivity index (χ1v) is 6.07. The molecule has 0 amide bonds. The molecule has 1 aromatic rings. The molecule has 3 N–H and O–H groups in total. The van der Waals surface area contributed by atoms with E-state index in [2.05, 4.69) is 5.32 Å². The predicted molar refractivity (Wildman–Crippen MR) is 67.2 cm³/mol. The van der Waals surface area contributed by atoms with E-state index < -0.39 is 17.8 Å². The molecule has 0 aromatic heterocycles. The Hall–Kier alpha value is -1.15. The van der Waals surface area contributed by atoms with E-state index in [1.807, 2.05) is 0 Å². The van der Waals surface area contributed by atoms with Gasteiger partial charge in [0.25, 0.3) is 0 Å². The maximum absolute atomic E-state index is 12.6. The Kier molecular flexibility index (Phi) is 6.41. The van der Waals surface area contributed by atoms with E-state index in [0.29, 0.717) is 0 Å². The van der Waals surface area contributed by atoms with Crippen LogP contribution in [0.1, 0.15) is 17.2 Å². The van der Waals surface area contributed by atoms with Crippen LogP contribution in [0.15, 0.2) is 24.3 Å². The first kappa shape index (κ1) is 16.9. The molecule has 0 aliphatic heterocycles. The molecule has 0 aliphatic carbocycles. The highest BCUT2D eigenvalue weighted by Gasteiger charge is 2.30. The molecule has 20 heavy (non-hydrogen) atoms. The fraction of sp³-hybridized carbons (Fsp3) is 0.538. The van der Waals surface area contributed by atoms with Gasteiger partial charge in [0.05, 0.1) is 30.9 Å². The minimum atomic E-state index is -4.44. The molecule has 1 rings (SSSR count). The number of aliphatic hydroxyl groups is 2.